The molecule has 0 bridgehead atoms. The predicted octanol–water partition coefficient (Wildman–Crippen LogP) is 1.05. The highest BCUT2D eigenvalue weighted by molar-refractivity contribution is 5.45. The van der Waals surface area contributed by atoms with E-state index < -0.39 is 0 Å². The summed E-state index contributed by atoms with van der Waals surface area (Å²) in [6.45, 7) is 7.26. The van der Waals surface area contributed by atoms with Crippen molar-refractivity contribution in [2.75, 3.05) is 46.1 Å². The summed E-state index contributed by atoms with van der Waals surface area (Å²) in [7, 11) is 6.21. The highest BCUT2D eigenvalue weighted by atomic mass is 15.3. The van der Waals surface area contributed by atoms with Gasteiger partial charge >= 0.3 is 0 Å². The maximum absolute atomic E-state index is 4.67. The first kappa shape index (κ1) is 13.2. The number of hydrogen-bond acceptors (Lipinski definition) is 5. The van der Waals surface area contributed by atoms with Gasteiger partial charge in [0.25, 0.3) is 0 Å². The van der Waals surface area contributed by atoms with E-state index in [4.69, 9.17) is 0 Å². The molecule has 1 atom stereocenters. The molecule has 1 aliphatic rings. The van der Waals surface area contributed by atoms with E-state index in [-0.39, 0.29) is 6.04 Å². The second-order valence-electron chi connectivity index (χ2n) is 5.15. The summed E-state index contributed by atoms with van der Waals surface area (Å²) in [4.78, 5) is 14.0. The Morgan fingerprint density at radius 1 is 1.17 bits per heavy atom. The van der Waals surface area contributed by atoms with Gasteiger partial charge in [-0.25, -0.2) is 9.97 Å². The van der Waals surface area contributed by atoms with Gasteiger partial charge in [-0.15, -0.1) is 0 Å². The lowest BCUT2D eigenvalue weighted by Crippen LogP contribution is -2.45. The maximum Gasteiger partial charge on any atom is 0.149 e. The molecule has 0 saturated carbocycles. The summed E-state index contributed by atoms with van der Waals surface area (Å²) in [6, 6.07) is 0.287. The van der Waals surface area contributed by atoms with Crippen LogP contribution in [0, 0.1) is 13.8 Å². The van der Waals surface area contributed by atoms with E-state index in [9.17, 15) is 0 Å². The Morgan fingerprint density at radius 3 is 2.56 bits per heavy atom. The molecule has 1 aliphatic heterocycles. The molecule has 0 amide bonds. The molecule has 0 spiro atoms. The number of nitrogens with one attached hydrogen (secondary N) is 1. The van der Waals surface area contributed by atoms with E-state index in [0.29, 0.717) is 0 Å². The first-order chi connectivity index (χ1) is 8.52. The van der Waals surface area contributed by atoms with Crippen molar-refractivity contribution in [1.82, 2.24) is 19.8 Å². The van der Waals surface area contributed by atoms with Gasteiger partial charge in [0.15, 0.2) is 0 Å². The number of rotatable bonds is 2. The minimum absolute atomic E-state index is 0.287. The predicted molar refractivity (Wildman–Crippen MR) is 73.9 cm³/mol. The van der Waals surface area contributed by atoms with Crippen molar-refractivity contribution < 1.29 is 0 Å². The van der Waals surface area contributed by atoms with E-state index in [2.05, 4.69) is 46.1 Å². The molecule has 1 unspecified atom stereocenters. The Bertz CT molecular complexity index is 432. The molecule has 0 aromatic carbocycles. The fourth-order valence-corrected chi connectivity index (χ4v) is 2.33. The quantitative estimate of drug-likeness (QED) is 0.849. The molecule has 0 radical (unpaired) electrons. The summed E-state index contributed by atoms with van der Waals surface area (Å²) in [5, 5.41) is 3.16. The normalized spacial score (nSPS) is 22.2. The third-order valence-corrected chi connectivity index (χ3v) is 3.79. The number of piperazine rings is 1. The van der Waals surface area contributed by atoms with Gasteiger partial charge in [-0.1, -0.05) is 0 Å². The van der Waals surface area contributed by atoms with E-state index in [1.807, 2.05) is 14.0 Å². The summed E-state index contributed by atoms with van der Waals surface area (Å²) >= 11 is 0. The van der Waals surface area contributed by atoms with Crippen molar-refractivity contribution in [2.24, 2.45) is 0 Å². The molecular weight excluding hydrogens is 226 g/mol. The van der Waals surface area contributed by atoms with Gasteiger partial charge in [0.05, 0.1) is 6.04 Å². The summed E-state index contributed by atoms with van der Waals surface area (Å²) in [5.41, 5.74) is 2.19. The maximum atomic E-state index is 4.67. The van der Waals surface area contributed by atoms with Gasteiger partial charge in [-0.3, -0.25) is 4.90 Å². The molecule has 5 nitrogen and oxygen atoms in total. The molecular formula is C13H23N5. The Labute approximate surface area is 109 Å². The van der Waals surface area contributed by atoms with Crippen LogP contribution in [0.15, 0.2) is 0 Å². The van der Waals surface area contributed by atoms with Gasteiger partial charge in [-0.05, 0) is 27.9 Å². The molecule has 1 saturated heterocycles. The molecule has 18 heavy (non-hydrogen) atoms. The lowest BCUT2D eigenvalue weighted by atomic mass is 10.1. The van der Waals surface area contributed by atoms with Gasteiger partial charge in [0.1, 0.15) is 11.6 Å². The molecule has 100 valence electrons. The van der Waals surface area contributed by atoms with Crippen LogP contribution in [0.5, 0.6) is 0 Å². The van der Waals surface area contributed by atoms with Gasteiger partial charge in [0, 0.05) is 37.9 Å². The Kier molecular flexibility index (Phi) is 3.82. The Morgan fingerprint density at radius 2 is 1.89 bits per heavy atom. The zero-order valence-corrected chi connectivity index (χ0v) is 12.0. The van der Waals surface area contributed by atoms with Crippen molar-refractivity contribution in [3.05, 3.63) is 17.1 Å². The lowest BCUT2D eigenvalue weighted by Gasteiger charge is -2.36. The van der Waals surface area contributed by atoms with Crippen LogP contribution in [0.4, 0.5) is 5.82 Å². The van der Waals surface area contributed by atoms with Crippen LogP contribution in [0.1, 0.15) is 23.1 Å². The van der Waals surface area contributed by atoms with Crippen LogP contribution >= 0.6 is 0 Å². The van der Waals surface area contributed by atoms with Crippen molar-refractivity contribution in [3.63, 3.8) is 0 Å². The Hall–Kier alpha value is -1.20. The van der Waals surface area contributed by atoms with Gasteiger partial charge in [0.2, 0.25) is 0 Å². The highest BCUT2D eigenvalue weighted by Gasteiger charge is 2.26. The summed E-state index contributed by atoms with van der Waals surface area (Å²) < 4.78 is 0. The molecule has 5 heteroatoms. The van der Waals surface area contributed by atoms with E-state index in [1.165, 1.54) is 0 Å². The second kappa shape index (κ2) is 5.20. The highest BCUT2D eigenvalue weighted by Crippen LogP contribution is 2.23. The third-order valence-electron chi connectivity index (χ3n) is 3.79. The number of likely N-dealkylation sites (N-methyl/N-ethyl adjacent to an activating group) is 2. The molecule has 1 aromatic heterocycles. The lowest BCUT2D eigenvalue weighted by molar-refractivity contribution is 0.109. The van der Waals surface area contributed by atoms with Gasteiger partial charge in [-0.2, -0.15) is 0 Å². The average Bonchev–Trinajstić information content (AvgIpc) is 2.35. The molecule has 2 heterocycles. The van der Waals surface area contributed by atoms with Crippen molar-refractivity contribution >= 4 is 5.82 Å². The molecule has 1 aromatic rings. The Balaban J connectivity index is 2.35. The van der Waals surface area contributed by atoms with Crippen LogP contribution in [0.2, 0.25) is 0 Å². The number of aromatic nitrogens is 2. The molecule has 2 rings (SSSR count). The minimum Gasteiger partial charge on any atom is -0.373 e. The monoisotopic (exact) mass is 249 g/mol. The molecule has 0 aliphatic carbocycles. The summed E-state index contributed by atoms with van der Waals surface area (Å²) in [6.07, 6.45) is 0. The fraction of sp³-hybridized carbons (Fsp3) is 0.692. The van der Waals surface area contributed by atoms with Crippen LogP contribution in [0.25, 0.3) is 0 Å². The zero-order valence-electron chi connectivity index (χ0n) is 12.0. The van der Waals surface area contributed by atoms with Crippen LogP contribution < -0.4 is 5.32 Å². The van der Waals surface area contributed by atoms with Crippen molar-refractivity contribution in [1.29, 1.82) is 0 Å². The van der Waals surface area contributed by atoms with E-state index >= 15 is 0 Å². The zero-order chi connectivity index (χ0) is 13.3. The van der Waals surface area contributed by atoms with Crippen LogP contribution in [-0.4, -0.2) is 60.5 Å². The largest absolute Gasteiger partial charge is 0.373 e. The van der Waals surface area contributed by atoms with Crippen LogP contribution in [-0.2, 0) is 0 Å². The minimum atomic E-state index is 0.287. The standard InChI is InChI=1S/C13H23N5/c1-9-10(2)15-13(16-12(9)14-3)11-8-17(4)6-7-18(11)5/h11H,6-8H2,1-5H3,(H,14,15,16). The number of aryl methyl sites for hydroxylation is 1. The summed E-state index contributed by atoms with van der Waals surface area (Å²) in [5.74, 6) is 1.87. The first-order valence-electron chi connectivity index (χ1n) is 6.44. The molecule has 1 N–H and O–H groups in total. The number of anilines is 1. The topological polar surface area (TPSA) is 44.3 Å². The van der Waals surface area contributed by atoms with Crippen molar-refractivity contribution in [3.8, 4) is 0 Å². The van der Waals surface area contributed by atoms with Crippen LogP contribution in [0.3, 0.4) is 0 Å². The average molecular weight is 249 g/mol. The van der Waals surface area contributed by atoms with E-state index in [1.54, 1.807) is 0 Å². The first-order valence-corrected chi connectivity index (χ1v) is 6.44. The SMILES string of the molecule is CNc1nc(C2CN(C)CCN2C)nc(C)c1C. The molecule has 1 fully saturated rings. The second-order valence-corrected chi connectivity index (χ2v) is 5.15. The number of hydrogen-bond donors (Lipinski definition) is 1. The fourth-order valence-electron chi connectivity index (χ4n) is 2.33. The van der Waals surface area contributed by atoms with Gasteiger partial charge < -0.3 is 10.2 Å². The smallest absolute Gasteiger partial charge is 0.149 e. The van der Waals surface area contributed by atoms with E-state index in [0.717, 1.165) is 42.5 Å². The third kappa shape index (κ3) is 2.47. The number of nitrogens with zero attached hydrogens (tertiary/aromatic N) is 4. The van der Waals surface area contributed by atoms with Crippen molar-refractivity contribution in [2.45, 2.75) is 19.9 Å².